The van der Waals surface area contributed by atoms with Crippen LogP contribution in [-0.2, 0) is 25.7 Å². The highest BCUT2D eigenvalue weighted by Gasteiger charge is 2.40. The van der Waals surface area contributed by atoms with Crippen LogP contribution in [-0.4, -0.2) is 24.3 Å². The summed E-state index contributed by atoms with van der Waals surface area (Å²) in [6.45, 7) is 0.577. The summed E-state index contributed by atoms with van der Waals surface area (Å²) in [6, 6.07) is 16.7. The highest BCUT2D eigenvalue weighted by atomic mass is 35.5. The number of carbonyl (C=O) groups excluding carboxylic acids is 3. The summed E-state index contributed by atoms with van der Waals surface area (Å²) in [7, 11) is 0. The zero-order valence-electron chi connectivity index (χ0n) is 18.5. The zero-order valence-corrected chi connectivity index (χ0v) is 19.2. The van der Waals surface area contributed by atoms with E-state index in [4.69, 9.17) is 16.3 Å². The molecule has 2 aliphatic rings. The lowest BCUT2D eigenvalue weighted by Gasteiger charge is -2.22. The maximum absolute atomic E-state index is 13.1. The molecule has 0 aromatic heterocycles. The molecular formula is C26H29ClN2O4. The molecule has 2 N–H and O–H groups in total. The van der Waals surface area contributed by atoms with E-state index in [-0.39, 0.29) is 30.7 Å². The van der Waals surface area contributed by atoms with Gasteiger partial charge < -0.3 is 15.4 Å². The van der Waals surface area contributed by atoms with Crippen LogP contribution in [0.2, 0.25) is 5.02 Å². The molecule has 0 radical (unpaired) electrons. The van der Waals surface area contributed by atoms with Gasteiger partial charge in [-0.25, -0.2) is 0 Å². The maximum atomic E-state index is 13.1. The third-order valence-electron chi connectivity index (χ3n) is 6.49. The van der Waals surface area contributed by atoms with Crippen molar-refractivity contribution in [2.24, 2.45) is 17.8 Å². The monoisotopic (exact) mass is 468 g/mol. The van der Waals surface area contributed by atoms with Crippen molar-refractivity contribution in [2.75, 3.05) is 6.54 Å². The number of cyclic esters (lactones) is 1. The van der Waals surface area contributed by atoms with E-state index < -0.39 is 12.0 Å². The fourth-order valence-electron chi connectivity index (χ4n) is 4.45. The summed E-state index contributed by atoms with van der Waals surface area (Å²) in [5.41, 5.74) is 1.79. The molecule has 33 heavy (non-hydrogen) atoms. The van der Waals surface area contributed by atoms with Crippen LogP contribution in [0.3, 0.4) is 0 Å². The lowest BCUT2D eigenvalue weighted by molar-refractivity contribution is -0.150. The van der Waals surface area contributed by atoms with Gasteiger partial charge in [-0.15, -0.1) is 0 Å². The van der Waals surface area contributed by atoms with Crippen LogP contribution in [0, 0.1) is 17.8 Å². The van der Waals surface area contributed by atoms with Gasteiger partial charge >= 0.3 is 5.97 Å². The van der Waals surface area contributed by atoms with Gasteiger partial charge in [0.1, 0.15) is 6.10 Å². The Morgan fingerprint density at radius 3 is 2.55 bits per heavy atom. The normalized spacial score (nSPS) is 25.5. The zero-order chi connectivity index (χ0) is 23.2. The molecule has 2 fully saturated rings. The Morgan fingerprint density at radius 1 is 1.03 bits per heavy atom. The number of hydrogen-bond donors (Lipinski definition) is 2. The highest BCUT2D eigenvalue weighted by molar-refractivity contribution is 6.30. The predicted octanol–water partition coefficient (Wildman–Crippen LogP) is 4.18. The molecule has 0 unspecified atom stereocenters. The van der Waals surface area contributed by atoms with E-state index in [1.165, 1.54) is 0 Å². The highest BCUT2D eigenvalue weighted by Crippen LogP contribution is 2.46. The van der Waals surface area contributed by atoms with Crippen molar-refractivity contribution in [2.45, 2.75) is 44.8 Å². The van der Waals surface area contributed by atoms with Crippen LogP contribution in [0.25, 0.3) is 0 Å². The van der Waals surface area contributed by atoms with Crippen molar-refractivity contribution in [3.8, 4) is 0 Å². The first-order valence-corrected chi connectivity index (χ1v) is 11.9. The maximum Gasteiger partial charge on any atom is 0.306 e. The van der Waals surface area contributed by atoms with E-state index in [9.17, 15) is 14.4 Å². The number of carbonyl (C=O) groups is 3. The fraction of sp³-hybridized carbons (Fsp3) is 0.423. The van der Waals surface area contributed by atoms with E-state index in [0.29, 0.717) is 36.2 Å². The second-order valence-electron chi connectivity index (χ2n) is 8.97. The Labute approximate surface area is 199 Å². The van der Waals surface area contributed by atoms with Gasteiger partial charge in [0.05, 0.1) is 6.54 Å². The lowest BCUT2D eigenvalue weighted by atomic mass is 9.95. The number of benzene rings is 2. The first kappa shape index (κ1) is 23.3. The third kappa shape index (κ3) is 6.81. The van der Waals surface area contributed by atoms with E-state index >= 15 is 0 Å². The van der Waals surface area contributed by atoms with Crippen molar-refractivity contribution in [3.63, 3.8) is 0 Å². The van der Waals surface area contributed by atoms with Crippen molar-refractivity contribution in [1.29, 1.82) is 0 Å². The molecular weight excluding hydrogens is 440 g/mol. The number of rotatable bonds is 5. The summed E-state index contributed by atoms with van der Waals surface area (Å²) in [5.74, 6) is -0.166. The van der Waals surface area contributed by atoms with Crippen molar-refractivity contribution in [1.82, 2.24) is 10.6 Å². The number of fused-ring (bicyclic) bond motifs is 1. The van der Waals surface area contributed by atoms with Gasteiger partial charge in [-0.3, -0.25) is 14.4 Å². The first-order chi connectivity index (χ1) is 16.0. The van der Waals surface area contributed by atoms with Gasteiger partial charge in [0.15, 0.2) is 0 Å². The number of halogens is 1. The Morgan fingerprint density at radius 2 is 1.79 bits per heavy atom. The molecule has 1 aliphatic heterocycles. The molecule has 6 nitrogen and oxygen atoms in total. The number of amides is 2. The minimum Gasteiger partial charge on any atom is -0.456 e. The number of nitrogens with one attached hydrogen (secondary N) is 2. The van der Waals surface area contributed by atoms with Gasteiger partial charge in [-0.1, -0.05) is 54.1 Å². The van der Waals surface area contributed by atoms with Crippen LogP contribution in [0.1, 0.15) is 49.3 Å². The average Bonchev–Trinajstić information content (AvgIpc) is 3.57. The molecule has 174 valence electrons. The van der Waals surface area contributed by atoms with E-state index in [1.54, 1.807) is 12.1 Å². The van der Waals surface area contributed by atoms with E-state index in [0.717, 1.165) is 24.0 Å². The molecule has 7 heteroatoms. The molecule has 2 amide bonds. The molecule has 4 atom stereocenters. The molecule has 1 saturated carbocycles. The van der Waals surface area contributed by atoms with Crippen LogP contribution in [0.4, 0.5) is 0 Å². The summed E-state index contributed by atoms with van der Waals surface area (Å²) in [5, 5.41) is 6.49. The summed E-state index contributed by atoms with van der Waals surface area (Å²) >= 11 is 5.91. The SMILES string of the molecule is O=C(C[C@@H]1C[C@H]2C[C@@H]2CCC(=O)O[C@H](c2ccccc2)CNC1=O)NCc1ccc(Cl)cc1. The first-order valence-electron chi connectivity index (χ1n) is 11.5. The number of hydrogen-bond acceptors (Lipinski definition) is 4. The van der Waals surface area contributed by atoms with Crippen LogP contribution in [0.15, 0.2) is 54.6 Å². The van der Waals surface area contributed by atoms with Gasteiger partial charge in [-0.2, -0.15) is 0 Å². The van der Waals surface area contributed by atoms with Gasteiger partial charge in [0, 0.05) is 30.3 Å². The quantitative estimate of drug-likeness (QED) is 0.644. The molecule has 0 spiro atoms. The van der Waals surface area contributed by atoms with Gasteiger partial charge in [0.2, 0.25) is 11.8 Å². The van der Waals surface area contributed by atoms with Crippen LogP contribution >= 0.6 is 11.6 Å². The van der Waals surface area contributed by atoms with Crippen molar-refractivity contribution >= 4 is 29.4 Å². The second-order valence-corrected chi connectivity index (χ2v) is 9.41. The van der Waals surface area contributed by atoms with E-state index in [2.05, 4.69) is 10.6 Å². The topological polar surface area (TPSA) is 84.5 Å². The molecule has 1 aliphatic carbocycles. The predicted molar refractivity (Wildman–Crippen MR) is 125 cm³/mol. The minimum absolute atomic E-state index is 0.137. The molecule has 2 aromatic carbocycles. The standard InChI is InChI=1S/C26H29ClN2O4/c27-22-9-6-17(7-10-22)15-28-24(30)14-21-13-20-12-19(20)8-11-25(31)33-23(16-29-26(21)32)18-4-2-1-3-5-18/h1-7,9-10,19-21,23H,8,11-16H2,(H,28,30)(H,29,32)/t19-,20+,21-,23-/m0/s1. The summed E-state index contributed by atoms with van der Waals surface area (Å²) < 4.78 is 5.69. The van der Waals surface area contributed by atoms with E-state index in [1.807, 2.05) is 42.5 Å². The summed E-state index contributed by atoms with van der Waals surface area (Å²) in [6.07, 6.45) is 2.39. The van der Waals surface area contributed by atoms with Crippen LogP contribution in [0.5, 0.6) is 0 Å². The Balaban J connectivity index is 1.39. The third-order valence-corrected chi connectivity index (χ3v) is 6.74. The molecule has 2 aromatic rings. The number of ether oxygens (including phenoxy) is 1. The summed E-state index contributed by atoms with van der Waals surface area (Å²) in [4.78, 5) is 38.0. The molecule has 4 rings (SSSR count). The fourth-order valence-corrected chi connectivity index (χ4v) is 4.58. The molecule has 0 bridgehead atoms. The van der Waals surface area contributed by atoms with Crippen molar-refractivity contribution in [3.05, 3.63) is 70.7 Å². The van der Waals surface area contributed by atoms with Gasteiger partial charge in [0.25, 0.3) is 0 Å². The Kier molecular flexibility index (Phi) is 7.65. The Hall–Kier alpha value is -2.86. The molecule has 1 heterocycles. The number of esters is 1. The molecule has 1 saturated heterocycles. The minimum atomic E-state index is -0.545. The van der Waals surface area contributed by atoms with Gasteiger partial charge in [-0.05, 0) is 54.4 Å². The Bertz CT molecular complexity index is 980. The van der Waals surface area contributed by atoms with Crippen molar-refractivity contribution < 1.29 is 19.1 Å². The average molecular weight is 469 g/mol. The second kappa shape index (κ2) is 10.8. The lowest BCUT2D eigenvalue weighted by Crippen LogP contribution is -2.38. The largest absolute Gasteiger partial charge is 0.456 e. The smallest absolute Gasteiger partial charge is 0.306 e. The van der Waals surface area contributed by atoms with Crippen LogP contribution < -0.4 is 10.6 Å².